The lowest BCUT2D eigenvalue weighted by molar-refractivity contribution is 0.555. The topological polar surface area (TPSA) is 37.8 Å². The van der Waals surface area contributed by atoms with Crippen LogP contribution in [0.15, 0.2) is 12.1 Å². The largest absolute Gasteiger partial charge is 0.355 e. The highest BCUT2D eigenvalue weighted by Gasteiger charge is 2.19. The van der Waals surface area contributed by atoms with Crippen LogP contribution in [0.4, 0.5) is 5.13 Å². The van der Waals surface area contributed by atoms with Gasteiger partial charge in [0.2, 0.25) is 5.13 Å². The van der Waals surface area contributed by atoms with Gasteiger partial charge in [-0.15, -0.1) is 11.3 Å². The number of nitrogens with one attached hydrogen (secondary N) is 1. The van der Waals surface area contributed by atoms with Gasteiger partial charge in [0, 0.05) is 21.8 Å². The molecule has 0 unspecified atom stereocenters. The smallest absolute Gasteiger partial charge is 0.202 e. The molecule has 0 spiro atoms. The first-order chi connectivity index (χ1) is 7.95. The van der Waals surface area contributed by atoms with Crippen LogP contribution in [0.3, 0.4) is 0 Å². The van der Waals surface area contributed by atoms with E-state index < -0.39 is 0 Å². The fourth-order valence-corrected chi connectivity index (χ4v) is 2.99. The van der Waals surface area contributed by atoms with Gasteiger partial charge in [0.05, 0.1) is 10.9 Å². The average Bonchev–Trinajstić information content (AvgIpc) is 2.82. The Bertz CT molecular complexity index is 499. The summed E-state index contributed by atoms with van der Waals surface area (Å²) in [6.45, 7) is 7.07. The Morgan fingerprint density at radius 2 is 2.12 bits per heavy atom. The lowest BCUT2D eigenvalue weighted by atomic mass is 9.96. The van der Waals surface area contributed by atoms with E-state index in [1.54, 1.807) is 11.3 Å². The molecular weight excluding hydrogens is 274 g/mol. The van der Waals surface area contributed by atoms with Crippen molar-refractivity contribution in [3.8, 4) is 0 Å². The van der Waals surface area contributed by atoms with Gasteiger partial charge in [0.25, 0.3) is 0 Å². The molecule has 2 rings (SSSR count). The maximum atomic E-state index is 5.87. The number of aromatic nitrogens is 2. The summed E-state index contributed by atoms with van der Waals surface area (Å²) in [5.41, 5.74) is 0.00265. The summed E-state index contributed by atoms with van der Waals surface area (Å²) >= 11 is 8.85. The minimum Gasteiger partial charge on any atom is -0.355 e. The molecule has 2 heterocycles. The van der Waals surface area contributed by atoms with Gasteiger partial charge in [-0.05, 0) is 12.1 Å². The predicted molar refractivity (Wildman–Crippen MR) is 75.3 cm³/mol. The van der Waals surface area contributed by atoms with E-state index in [4.69, 9.17) is 11.6 Å². The Labute approximate surface area is 114 Å². The third kappa shape index (κ3) is 3.40. The van der Waals surface area contributed by atoms with E-state index in [-0.39, 0.29) is 5.41 Å². The summed E-state index contributed by atoms with van der Waals surface area (Å²) in [5.74, 6) is 0.884. The molecule has 0 aliphatic carbocycles. The van der Waals surface area contributed by atoms with Crippen LogP contribution in [-0.2, 0) is 12.0 Å². The molecule has 0 saturated heterocycles. The second kappa shape index (κ2) is 4.92. The maximum Gasteiger partial charge on any atom is 0.202 e. The van der Waals surface area contributed by atoms with Gasteiger partial charge >= 0.3 is 0 Å². The summed E-state index contributed by atoms with van der Waals surface area (Å²) in [7, 11) is 0. The van der Waals surface area contributed by atoms with Crippen molar-refractivity contribution in [2.45, 2.75) is 32.7 Å². The Hall–Kier alpha value is -0.650. The van der Waals surface area contributed by atoms with Crippen LogP contribution >= 0.6 is 34.5 Å². The molecule has 17 heavy (non-hydrogen) atoms. The van der Waals surface area contributed by atoms with E-state index in [0.717, 1.165) is 21.8 Å². The summed E-state index contributed by atoms with van der Waals surface area (Å²) in [6.07, 6.45) is 0. The lowest BCUT2D eigenvalue weighted by Gasteiger charge is -2.12. The SMILES string of the molecule is CC(C)(C)c1nsc(NCc2ccc(Cl)s2)n1. The molecule has 2 aromatic heterocycles. The molecule has 0 radical (unpaired) electrons. The zero-order valence-corrected chi connectivity index (χ0v) is 12.3. The van der Waals surface area contributed by atoms with Crippen molar-refractivity contribution in [2.24, 2.45) is 0 Å². The maximum absolute atomic E-state index is 5.87. The summed E-state index contributed by atoms with van der Waals surface area (Å²) in [4.78, 5) is 5.67. The Morgan fingerprint density at radius 1 is 1.35 bits per heavy atom. The Morgan fingerprint density at radius 3 is 2.65 bits per heavy atom. The van der Waals surface area contributed by atoms with Crippen LogP contribution in [0.25, 0.3) is 0 Å². The molecule has 0 atom stereocenters. The van der Waals surface area contributed by atoms with Crippen molar-refractivity contribution in [3.63, 3.8) is 0 Å². The van der Waals surface area contributed by atoms with E-state index in [2.05, 4.69) is 35.4 Å². The van der Waals surface area contributed by atoms with E-state index in [0.29, 0.717) is 0 Å². The summed E-state index contributed by atoms with van der Waals surface area (Å²) < 4.78 is 5.16. The van der Waals surface area contributed by atoms with E-state index in [1.807, 2.05) is 12.1 Å². The van der Waals surface area contributed by atoms with Gasteiger partial charge in [-0.2, -0.15) is 4.37 Å². The van der Waals surface area contributed by atoms with Crippen LogP contribution < -0.4 is 5.32 Å². The lowest BCUT2D eigenvalue weighted by Crippen LogP contribution is -2.13. The molecule has 0 amide bonds. The van der Waals surface area contributed by atoms with Gasteiger partial charge in [-0.1, -0.05) is 32.4 Å². The molecule has 92 valence electrons. The van der Waals surface area contributed by atoms with E-state index >= 15 is 0 Å². The molecule has 0 bridgehead atoms. The number of nitrogens with zero attached hydrogens (tertiary/aromatic N) is 2. The van der Waals surface area contributed by atoms with Crippen molar-refractivity contribution in [1.82, 2.24) is 9.36 Å². The zero-order valence-electron chi connectivity index (χ0n) is 9.95. The van der Waals surface area contributed by atoms with Gasteiger partial charge < -0.3 is 5.32 Å². The molecule has 1 N–H and O–H groups in total. The fourth-order valence-electron chi connectivity index (χ4n) is 1.21. The van der Waals surface area contributed by atoms with Crippen molar-refractivity contribution >= 4 is 39.6 Å². The normalized spacial score (nSPS) is 11.8. The summed E-state index contributed by atoms with van der Waals surface area (Å²) in [5, 5.41) is 4.12. The quantitative estimate of drug-likeness (QED) is 0.921. The molecule has 0 aliphatic rings. The third-order valence-corrected chi connectivity index (χ3v) is 4.04. The summed E-state index contributed by atoms with van der Waals surface area (Å²) in [6, 6.07) is 3.93. The van der Waals surface area contributed by atoms with Crippen LogP contribution in [0.5, 0.6) is 0 Å². The minimum atomic E-state index is 0.00265. The molecule has 6 heteroatoms. The van der Waals surface area contributed by atoms with E-state index in [9.17, 15) is 0 Å². The minimum absolute atomic E-state index is 0.00265. The molecular formula is C11H14ClN3S2. The van der Waals surface area contributed by atoms with Gasteiger partial charge in [-0.25, -0.2) is 4.98 Å². The Kier molecular flexibility index (Phi) is 3.70. The number of hydrogen-bond donors (Lipinski definition) is 1. The third-order valence-electron chi connectivity index (χ3n) is 2.14. The highest BCUT2D eigenvalue weighted by atomic mass is 35.5. The molecule has 0 aromatic carbocycles. The monoisotopic (exact) mass is 287 g/mol. The first-order valence-corrected chi connectivity index (χ1v) is 7.24. The molecule has 2 aromatic rings. The molecule has 0 aliphatic heterocycles. The number of hydrogen-bond acceptors (Lipinski definition) is 5. The zero-order chi connectivity index (χ0) is 12.5. The van der Waals surface area contributed by atoms with Crippen molar-refractivity contribution in [1.29, 1.82) is 0 Å². The van der Waals surface area contributed by atoms with E-state index in [1.165, 1.54) is 16.4 Å². The fraction of sp³-hybridized carbons (Fsp3) is 0.455. The second-order valence-electron chi connectivity index (χ2n) is 4.73. The number of anilines is 1. The average molecular weight is 288 g/mol. The molecule has 0 saturated carbocycles. The molecule has 3 nitrogen and oxygen atoms in total. The number of halogens is 1. The van der Waals surface area contributed by atoms with Crippen molar-refractivity contribution in [3.05, 3.63) is 27.2 Å². The first-order valence-electron chi connectivity index (χ1n) is 5.27. The van der Waals surface area contributed by atoms with Crippen LogP contribution in [0.1, 0.15) is 31.5 Å². The highest BCUT2D eigenvalue weighted by Crippen LogP contribution is 2.25. The van der Waals surface area contributed by atoms with Crippen LogP contribution in [0, 0.1) is 0 Å². The van der Waals surface area contributed by atoms with Gasteiger partial charge in [0.1, 0.15) is 5.82 Å². The van der Waals surface area contributed by atoms with Crippen molar-refractivity contribution < 1.29 is 0 Å². The molecule has 0 fully saturated rings. The second-order valence-corrected chi connectivity index (χ2v) is 7.28. The standard InChI is InChI=1S/C11H14ClN3S2/c1-11(2,3)9-14-10(17-15-9)13-6-7-4-5-8(12)16-7/h4-5H,6H2,1-3H3,(H,13,14,15). The van der Waals surface area contributed by atoms with Crippen LogP contribution in [-0.4, -0.2) is 9.36 Å². The van der Waals surface area contributed by atoms with Crippen molar-refractivity contribution in [2.75, 3.05) is 5.32 Å². The predicted octanol–water partition coefficient (Wildman–Crippen LogP) is 4.16. The van der Waals surface area contributed by atoms with Gasteiger partial charge in [-0.3, -0.25) is 0 Å². The number of thiophene rings is 1. The van der Waals surface area contributed by atoms with Gasteiger partial charge in [0.15, 0.2) is 0 Å². The van der Waals surface area contributed by atoms with Crippen LogP contribution in [0.2, 0.25) is 4.34 Å². The first kappa shape index (κ1) is 12.8. The Balaban J connectivity index is 1.98. The highest BCUT2D eigenvalue weighted by molar-refractivity contribution is 7.16. The number of rotatable bonds is 3.